The monoisotopic (exact) mass is 283 g/mol. The summed E-state index contributed by atoms with van der Waals surface area (Å²) in [4.78, 5) is 21.1. The first-order valence-electron chi connectivity index (χ1n) is 7.18. The van der Waals surface area contributed by atoms with Crippen molar-refractivity contribution in [2.45, 2.75) is 0 Å². The topological polar surface area (TPSA) is 54.3 Å². The van der Waals surface area contributed by atoms with Crippen molar-refractivity contribution in [2.24, 2.45) is 18.9 Å². The van der Waals surface area contributed by atoms with Gasteiger partial charge in [0.25, 0.3) is 0 Å². The molecule has 21 heavy (non-hydrogen) atoms. The van der Waals surface area contributed by atoms with E-state index < -0.39 is 0 Å². The largest absolute Gasteiger partial charge is 0.355 e. The molecule has 0 saturated carbocycles. The fourth-order valence-corrected chi connectivity index (χ4v) is 3.37. The second kappa shape index (κ2) is 4.58. The number of carbonyl (C=O) groups excluding carboxylic acids is 1. The highest BCUT2D eigenvalue weighted by Crippen LogP contribution is 2.36. The summed E-state index contributed by atoms with van der Waals surface area (Å²) in [5.74, 6) is 1.63. The van der Waals surface area contributed by atoms with Gasteiger partial charge in [0.05, 0.1) is 17.8 Å². The first kappa shape index (κ1) is 12.4. The van der Waals surface area contributed by atoms with Crippen LogP contribution in [0.2, 0.25) is 0 Å². The van der Waals surface area contributed by atoms with Gasteiger partial charge >= 0.3 is 0 Å². The van der Waals surface area contributed by atoms with Gasteiger partial charge in [-0.15, -0.1) is 0 Å². The molecule has 2 aliphatic rings. The molecule has 4 rings (SSSR count). The van der Waals surface area contributed by atoms with Crippen LogP contribution < -0.4 is 9.80 Å². The molecule has 0 aromatic carbocycles. The number of nitrogens with zero attached hydrogens (tertiary/aromatic N) is 5. The van der Waals surface area contributed by atoms with Crippen LogP contribution in [0.15, 0.2) is 36.8 Å². The van der Waals surface area contributed by atoms with Crippen LogP contribution in [0.4, 0.5) is 11.5 Å². The van der Waals surface area contributed by atoms with Gasteiger partial charge in [-0.3, -0.25) is 9.48 Å². The highest BCUT2D eigenvalue weighted by molar-refractivity contribution is 5.98. The van der Waals surface area contributed by atoms with Crippen molar-refractivity contribution in [3.63, 3.8) is 0 Å². The molecule has 1 amide bonds. The van der Waals surface area contributed by atoms with E-state index in [-0.39, 0.29) is 11.8 Å². The van der Waals surface area contributed by atoms with Crippen LogP contribution in [-0.2, 0) is 11.8 Å². The van der Waals surface area contributed by atoms with E-state index in [9.17, 15) is 4.79 Å². The molecule has 2 saturated heterocycles. The zero-order valence-electron chi connectivity index (χ0n) is 11.9. The summed E-state index contributed by atoms with van der Waals surface area (Å²) < 4.78 is 1.73. The molecule has 2 atom stereocenters. The second-order valence-electron chi connectivity index (χ2n) is 5.78. The summed E-state index contributed by atoms with van der Waals surface area (Å²) in [6.45, 7) is 2.43. The summed E-state index contributed by atoms with van der Waals surface area (Å²) >= 11 is 0. The second-order valence-corrected chi connectivity index (χ2v) is 5.78. The van der Waals surface area contributed by atoms with Crippen LogP contribution in [0.1, 0.15) is 0 Å². The molecule has 108 valence electrons. The predicted octanol–water partition coefficient (Wildman–Crippen LogP) is 0.914. The van der Waals surface area contributed by atoms with Crippen LogP contribution >= 0.6 is 0 Å². The van der Waals surface area contributed by atoms with Crippen molar-refractivity contribution < 1.29 is 4.79 Å². The third kappa shape index (κ3) is 1.98. The molecule has 0 radical (unpaired) electrons. The lowest BCUT2D eigenvalue weighted by molar-refractivity contribution is -0.120. The smallest absolute Gasteiger partial charge is 0.232 e. The molecular weight excluding hydrogens is 266 g/mol. The first-order chi connectivity index (χ1) is 10.2. The maximum absolute atomic E-state index is 12.6. The van der Waals surface area contributed by atoms with Gasteiger partial charge in [-0.2, -0.15) is 5.10 Å². The van der Waals surface area contributed by atoms with E-state index in [1.165, 1.54) is 0 Å². The van der Waals surface area contributed by atoms with E-state index in [1.54, 1.807) is 17.1 Å². The minimum Gasteiger partial charge on any atom is -0.355 e. The lowest BCUT2D eigenvalue weighted by Crippen LogP contribution is -2.32. The number of hydrogen-bond acceptors (Lipinski definition) is 4. The average molecular weight is 283 g/mol. The molecular formula is C15H17N5O. The molecule has 2 aromatic rings. The van der Waals surface area contributed by atoms with Crippen LogP contribution in [0.3, 0.4) is 0 Å². The highest BCUT2D eigenvalue weighted by Gasteiger charge is 2.47. The molecule has 2 aromatic heterocycles. The lowest BCUT2D eigenvalue weighted by atomic mass is 10.0. The van der Waals surface area contributed by atoms with Crippen molar-refractivity contribution >= 4 is 17.4 Å². The minimum absolute atomic E-state index is 0.0761. The normalized spacial score (nSPS) is 24.7. The Morgan fingerprint density at radius 2 is 2.14 bits per heavy atom. The van der Waals surface area contributed by atoms with Crippen molar-refractivity contribution in [3.8, 4) is 0 Å². The van der Waals surface area contributed by atoms with E-state index in [2.05, 4.69) is 15.0 Å². The Balaban J connectivity index is 1.52. The molecule has 6 heteroatoms. The minimum atomic E-state index is 0.0761. The van der Waals surface area contributed by atoms with Gasteiger partial charge in [0.15, 0.2) is 0 Å². The number of aryl methyl sites for hydroxylation is 1. The average Bonchev–Trinajstić information content (AvgIpc) is 3.17. The van der Waals surface area contributed by atoms with Crippen LogP contribution in [0.5, 0.6) is 0 Å². The number of fused-ring (bicyclic) bond motifs is 1. The summed E-state index contributed by atoms with van der Waals surface area (Å²) in [7, 11) is 1.87. The summed E-state index contributed by atoms with van der Waals surface area (Å²) in [6.07, 6.45) is 5.46. The van der Waals surface area contributed by atoms with Crippen LogP contribution in [0.25, 0.3) is 0 Å². The van der Waals surface area contributed by atoms with Gasteiger partial charge in [-0.05, 0) is 12.1 Å². The Hall–Kier alpha value is -2.37. The fourth-order valence-electron chi connectivity index (χ4n) is 3.37. The Morgan fingerprint density at radius 3 is 2.81 bits per heavy atom. The summed E-state index contributed by atoms with van der Waals surface area (Å²) in [5, 5.41) is 4.15. The molecule has 2 aliphatic heterocycles. The number of anilines is 2. The summed E-state index contributed by atoms with van der Waals surface area (Å²) in [5.41, 5.74) is 0.904. The van der Waals surface area contributed by atoms with Gasteiger partial charge in [0.1, 0.15) is 5.82 Å². The summed E-state index contributed by atoms with van der Waals surface area (Å²) in [6, 6.07) is 5.90. The molecule has 0 N–H and O–H groups in total. The third-order valence-corrected chi connectivity index (χ3v) is 4.42. The predicted molar refractivity (Wildman–Crippen MR) is 79.0 cm³/mol. The van der Waals surface area contributed by atoms with Crippen molar-refractivity contribution in [3.05, 3.63) is 36.8 Å². The van der Waals surface area contributed by atoms with E-state index in [0.717, 1.165) is 31.1 Å². The van der Waals surface area contributed by atoms with Gasteiger partial charge in [-0.25, -0.2) is 4.98 Å². The molecule has 6 nitrogen and oxygen atoms in total. The molecule has 0 spiro atoms. The Bertz CT molecular complexity index is 668. The first-order valence-corrected chi connectivity index (χ1v) is 7.18. The van der Waals surface area contributed by atoms with Crippen molar-refractivity contribution in [1.82, 2.24) is 14.8 Å². The Morgan fingerprint density at radius 1 is 1.24 bits per heavy atom. The standard InChI is InChI=1S/C15H17N5O/c1-18-9-12(6-17-18)20-8-11-7-19(10-13(11)15(20)21)14-4-2-3-5-16-14/h2-6,9,11,13H,7-8,10H2,1H3/t11-,13-/m0/s1. The van der Waals surface area contributed by atoms with E-state index >= 15 is 0 Å². The van der Waals surface area contributed by atoms with Crippen molar-refractivity contribution in [2.75, 3.05) is 29.4 Å². The quantitative estimate of drug-likeness (QED) is 0.822. The van der Waals surface area contributed by atoms with Gasteiger partial charge < -0.3 is 9.80 Å². The molecule has 0 bridgehead atoms. The maximum atomic E-state index is 12.6. The number of carbonyl (C=O) groups is 1. The Kier molecular flexibility index (Phi) is 2.70. The number of aromatic nitrogens is 3. The van der Waals surface area contributed by atoms with Gasteiger partial charge in [0.2, 0.25) is 5.91 Å². The molecule has 0 aliphatic carbocycles. The zero-order valence-corrected chi connectivity index (χ0v) is 11.9. The Labute approximate surface area is 123 Å². The highest BCUT2D eigenvalue weighted by atomic mass is 16.2. The number of rotatable bonds is 2. The fraction of sp³-hybridized carbons (Fsp3) is 0.400. The van der Waals surface area contributed by atoms with Crippen LogP contribution in [0, 0.1) is 11.8 Å². The maximum Gasteiger partial charge on any atom is 0.232 e. The number of pyridine rings is 1. The van der Waals surface area contributed by atoms with E-state index in [1.807, 2.05) is 36.3 Å². The zero-order chi connectivity index (χ0) is 14.4. The molecule has 0 unspecified atom stereocenters. The van der Waals surface area contributed by atoms with Crippen LogP contribution in [-0.4, -0.2) is 40.3 Å². The van der Waals surface area contributed by atoms with E-state index in [4.69, 9.17) is 0 Å². The third-order valence-electron chi connectivity index (χ3n) is 4.42. The SMILES string of the molecule is Cn1cc(N2C[C@@H]3CN(c4ccccn4)C[C@@H]3C2=O)cn1. The van der Waals surface area contributed by atoms with Crippen molar-refractivity contribution in [1.29, 1.82) is 0 Å². The number of hydrogen-bond donors (Lipinski definition) is 0. The van der Waals surface area contributed by atoms with E-state index in [0.29, 0.717) is 5.92 Å². The molecule has 2 fully saturated rings. The number of amides is 1. The van der Waals surface area contributed by atoms with Gasteiger partial charge in [-0.1, -0.05) is 6.07 Å². The lowest BCUT2D eigenvalue weighted by Gasteiger charge is -2.21. The molecule has 4 heterocycles. The van der Waals surface area contributed by atoms with Gasteiger partial charge in [0, 0.05) is 45.0 Å².